The van der Waals surface area contributed by atoms with Crippen LogP contribution < -0.4 is 5.32 Å². The molecule has 1 aliphatic carbocycles. The molecule has 0 bridgehead atoms. The van der Waals surface area contributed by atoms with Gasteiger partial charge in [-0.15, -0.1) is 0 Å². The van der Waals surface area contributed by atoms with Crippen molar-refractivity contribution in [2.45, 2.75) is 58.1 Å². The zero-order valence-corrected chi connectivity index (χ0v) is 11.6. The number of aliphatic hydroxyl groups is 1. The highest BCUT2D eigenvalue weighted by atomic mass is 16.5. The largest absolute Gasteiger partial charge is 0.392 e. The van der Waals surface area contributed by atoms with Gasteiger partial charge in [0.1, 0.15) is 0 Å². The lowest BCUT2D eigenvalue weighted by atomic mass is 9.99. The van der Waals surface area contributed by atoms with Crippen LogP contribution >= 0.6 is 0 Å². The third-order valence-corrected chi connectivity index (χ3v) is 3.85. The minimum atomic E-state index is -0.198. The number of ether oxygens (including phenoxy) is 1. The fraction of sp³-hybridized carbons (Fsp3) is 1.00. The predicted octanol–water partition coefficient (Wildman–Crippen LogP) is 2.19. The lowest BCUT2D eigenvalue weighted by Gasteiger charge is -2.24. The van der Waals surface area contributed by atoms with E-state index in [1.54, 1.807) is 7.11 Å². The van der Waals surface area contributed by atoms with Gasteiger partial charge in [-0.2, -0.15) is 0 Å². The van der Waals surface area contributed by atoms with Crippen LogP contribution in [-0.4, -0.2) is 37.5 Å². The summed E-state index contributed by atoms with van der Waals surface area (Å²) in [4.78, 5) is 0. The predicted molar refractivity (Wildman–Crippen MR) is 71.1 cm³/mol. The molecular weight excluding hydrogens is 214 g/mol. The van der Waals surface area contributed by atoms with Gasteiger partial charge in [0.25, 0.3) is 0 Å². The maximum Gasteiger partial charge on any atom is 0.0667 e. The Balaban J connectivity index is 2.17. The highest BCUT2D eigenvalue weighted by Crippen LogP contribution is 2.28. The summed E-state index contributed by atoms with van der Waals surface area (Å²) >= 11 is 0. The van der Waals surface area contributed by atoms with Crippen molar-refractivity contribution in [1.29, 1.82) is 0 Å². The summed E-state index contributed by atoms with van der Waals surface area (Å²) < 4.78 is 5.19. The molecule has 0 spiro atoms. The van der Waals surface area contributed by atoms with Crippen LogP contribution in [0.2, 0.25) is 0 Å². The first kappa shape index (κ1) is 14.9. The molecule has 2 unspecified atom stereocenters. The normalized spacial score (nSPS) is 21.0. The topological polar surface area (TPSA) is 41.5 Å². The summed E-state index contributed by atoms with van der Waals surface area (Å²) in [6.07, 6.45) is 6.08. The monoisotopic (exact) mass is 243 g/mol. The van der Waals surface area contributed by atoms with E-state index < -0.39 is 0 Å². The Morgan fingerprint density at radius 2 is 1.94 bits per heavy atom. The van der Waals surface area contributed by atoms with Gasteiger partial charge in [0.15, 0.2) is 0 Å². The van der Waals surface area contributed by atoms with Crippen LogP contribution in [0, 0.1) is 11.8 Å². The van der Waals surface area contributed by atoms with E-state index in [2.05, 4.69) is 19.2 Å². The Morgan fingerprint density at radius 3 is 2.47 bits per heavy atom. The first-order valence-electron chi connectivity index (χ1n) is 7.03. The summed E-state index contributed by atoms with van der Waals surface area (Å²) in [5.74, 6) is 1.29. The molecule has 0 aromatic carbocycles. The van der Waals surface area contributed by atoms with Gasteiger partial charge in [0, 0.05) is 19.7 Å². The molecule has 3 nitrogen and oxygen atoms in total. The van der Waals surface area contributed by atoms with Crippen LogP contribution in [-0.2, 0) is 4.74 Å². The van der Waals surface area contributed by atoms with Crippen molar-refractivity contribution in [3.63, 3.8) is 0 Å². The van der Waals surface area contributed by atoms with Crippen molar-refractivity contribution in [2.24, 2.45) is 11.8 Å². The van der Waals surface area contributed by atoms with Crippen molar-refractivity contribution in [2.75, 3.05) is 20.3 Å². The van der Waals surface area contributed by atoms with Crippen LogP contribution in [0.4, 0.5) is 0 Å². The van der Waals surface area contributed by atoms with Crippen LogP contribution in [0.1, 0.15) is 46.0 Å². The van der Waals surface area contributed by atoms with Crippen LogP contribution in [0.15, 0.2) is 0 Å². The molecule has 0 aromatic heterocycles. The standard InChI is InChI=1S/C14H29NO2/c1-11(2)14(10-17-3)15-9-13(16)8-12-6-4-5-7-12/h11-16H,4-10H2,1-3H3. The quantitative estimate of drug-likeness (QED) is 0.686. The third kappa shape index (κ3) is 5.84. The van der Waals surface area contributed by atoms with E-state index in [9.17, 15) is 5.11 Å². The number of nitrogens with one attached hydrogen (secondary N) is 1. The van der Waals surface area contributed by atoms with Gasteiger partial charge in [0.2, 0.25) is 0 Å². The van der Waals surface area contributed by atoms with Gasteiger partial charge < -0.3 is 15.2 Å². The summed E-state index contributed by atoms with van der Waals surface area (Å²) in [5, 5.41) is 13.4. The summed E-state index contributed by atoms with van der Waals surface area (Å²) in [5.41, 5.74) is 0. The molecule has 2 atom stereocenters. The molecule has 3 heteroatoms. The first-order valence-corrected chi connectivity index (χ1v) is 7.03. The smallest absolute Gasteiger partial charge is 0.0667 e. The molecule has 0 heterocycles. The fourth-order valence-electron chi connectivity index (χ4n) is 2.67. The van der Waals surface area contributed by atoms with E-state index in [1.807, 2.05) is 0 Å². The Morgan fingerprint density at radius 1 is 1.29 bits per heavy atom. The van der Waals surface area contributed by atoms with Crippen molar-refractivity contribution in [1.82, 2.24) is 5.32 Å². The van der Waals surface area contributed by atoms with Gasteiger partial charge >= 0.3 is 0 Å². The van der Waals surface area contributed by atoms with E-state index in [1.165, 1.54) is 25.7 Å². The Labute approximate surface area is 106 Å². The van der Waals surface area contributed by atoms with Crippen LogP contribution in [0.3, 0.4) is 0 Å². The minimum Gasteiger partial charge on any atom is -0.392 e. The number of methoxy groups -OCH3 is 1. The van der Waals surface area contributed by atoms with Gasteiger partial charge in [-0.05, 0) is 18.3 Å². The molecule has 0 amide bonds. The molecule has 1 fully saturated rings. The molecule has 17 heavy (non-hydrogen) atoms. The maximum absolute atomic E-state index is 10.0. The summed E-state index contributed by atoms with van der Waals surface area (Å²) in [6, 6.07) is 0.346. The molecular formula is C14H29NO2. The van der Waals surface area contributed by atoms with Crippen molar-refractivity contribution in [3.05, 3.63) is 0 Å². The SMILES string of the molecule is COCC(NCC(O)CC1CCCC1)C(C)C. The third-order valence-electron chi connectivity index (χ3n) is 3.85. The van der Waals surface area contributed by atoms with Gasteiger partial charge in [0.05, 0.1) is 12.7 Å². The lowest BCUT2D eigenvalue weighted by Crippen LogP contribution is -2.42. The van der Waals surface area contributed by atoms with Crippen LogP contribution in [0.5, 0.6) is 0 Å². The zero-order valence-electron chi connectivity index (χ0n) is 11.6. The molecule has 102 valence electrons. The summed E-state index contributed by atoms with van der Waals surface area (Å²) in [7, 11) is 1.73. The van der Waals surface area contributed by atoms with Crippen molar-refractivity contribution >= 4 is 0 Å². The highest BCUT2D eigenvalue weighted by molar-refractivity contribution is 4.75. The molecule has 0 radical (unpaired) electrons. The summed E-state index contributed by atoms with van der Waals surface area (Å²) in [6.45, 7) is 5.77. The maximum atomic E-state index is 10.0. The lowest BCUT2D eigenvalue weighted by molar-refractivity contribution is 0.111. The molecule has 0 aromatic rings. The van der Waals surface area contributed by atoms with Gasteiger partial charge in [-0.25, -0.2) is 0 Å². The molecule has 2 N–H and O–H groups in total. The molecule has 1 aliphatic rings. The zero-order chi connectivity index (χ0) is 12.7. The van der Waals surface area contributed by atoms with E-state index in [4.69, 9.17) is 4.74 Å². The van der Waals surface area contributed by atoms with E-state index >= 15 is 0 Å². The van der Waals surface area contributed by atoms with Gasteiger partial charge in [-0.1, -0.05) is 39.5 Å². The average Bonchev–Trinajstić information content (AvgIpc) is 2.76. The molecule has 0 saturated heterocycles. The Bertz CT molecular complexity index is 191. The van der Waals surface area contributed by atoms with E-state index in [0.29, 0.717) is 25.1 Å². The van der Waals surface area contributed by atoms with Crippen molar-refractivity contribution < 1.29 is 9.84 Å². The Hall–Kier alpha value is -0.120. The van der Waals surface area contributed by atoms with Crippen molar-refractivity contribution in [3.8, 4) is 0 Å². The fourth-order valence-corrected chi connectivity index (χ4v) is 2.67. The van der Waals surface area contributed by atoms with E-state index in [0.717, 1.165) is 12.3 Å². The molecule has 0 aliphatic heterocycles. The minimum absolute atomic E-state index is 0.198. The number of rotatable bonds is 8. The number of hydrogen-bond acceptors (Lipinski definition) is 3. The second kappa shape index (κ2) is 8.06. The second-order valence-electron chi connectivity index (χ2n) is 5.75. The highest BCUT2D eigenvalue weighted by Gasteiger charge is 2.20. The van der Waals surface area contributed by atoms with Crippen LogP contribution in [0.25, 0.3) is 0 Å². The first-order chi connectivity index (χ1) is 8.13. The number of aliphatic hydroxyl groups excluding tert-OH is 1. The Kier molecular flexibility index (Phi) is 7.09. The second-order valence-corrected chi connectivity index (χ2v) is 5.75. The number of hydrogen-bond donors (Lipinski definition) is 2. The van der Waals surface area contributed by atoms with Gasteiger partial charge in [-0.3, -0.25) is 0 Å². The average molecular weight is 243 g/mol. The molecule has 1 saturated carbocycles. The molecule has 1 rings (SSSR count). The van der Waals surface area contributed by atoms with E-state index in [-0.39, 0.29) is 6.10 Å².